The minimum Gasteiger partial charge on any atom is -0.368 e. The molecule has 2 unspecified atom stereocenters. The fourth-order valence-corrected chi connectivity index (χ4v) is 3.08. The van der Waals surface area contributed by atoms with Crippen molar-refractivity contribution in [1.29, 1.82) is 0 Å². The molecule has 0 spiro atoms. The van der Waals surface area contributed by atoms with E-state index in [0.717, 1.165) is 24.0 Å². The first-order chi connectivity index (χ1) is 8.65. The maximum Gasteiger partial charge on any atom is 0.0471 e. The van der Waals surface area contributed by atoms with Crippen LogP contribution in [-0.2, 0) is 6.54 Å². The third-order valence-corrected chi connectivity index (χ3v) is 4.48. The normalized spacial score (nSPS) is 24.3. The van der Waals surface area contributed by atoms with E-state index in [1.807, 2.05) is 13.1 Å². The molecule has 0 amide bonds. The van der Waals surface area contributed by atoms with Crippen LogP contribution in [0, 0.1) is 5.92 Å². The summed E-state index contributed by atoms with van der Waals surface area (Å²) in [5.74, 6) is 0.750. The van der Waals surface area contributed by atoms with Gasteiger partial charge < -0.3 is 10.2 Å². The van der Waals surface area contributed by atoms with Gasteiger partial charge in [0, 0.05) is 35.4 Å². The smallest absolute Gasteiger partial charge is 0.0471 e. The lowest BCUT2D eigenvalue weighted by molar-refractivity contribution is 0.363. The van der Waals surface area contributed by atoms with Crippen LogP contribution in [0.2, 0.25) is 5.02 Å². The molecule has 1 fully saturated rings. The van der Waals surface area contributed by atoms with E-state index in [-0.39, 0.29) is 0 Å². The van der Waals surface area contributed by atoms with E-state index in [2.05, 4.69) is 36.2 Å². The Kier molecular flexibility index (Phi) is 4.52. The van der Waals surface area contributed by atoms with Crippen LogP contribution in [0.15, 0.2) is 18.2 Å². The summed E-state index contributed by atoms with van der Waals surface area (Å²) in [7, 11) is 1.97. The molecule has 2 rings (SSSR count). The van der Waals surface area contributed by atoms with Gasteiger partial charge in [-0.1, -0.05) is 24.6 Å². The molecule has 1 aromatic rings. The van der Waals surface area contributed by atoms with Crippen molar-refractivity contribution in [2.24, 2.45) is 5.92 Å². The Morgan fingerprint density at radius 2 is 2.17 bits per heavy atom. The predicted molar refractivity (Wildman–Crippen MR) is 79.4 cm³/mol. The molecule has 1 heterocycles. The molecule has 2 atom stereocenters. The molecule has 2 nitrogen and oxygen atoms in total. The number of benzene rings is 1. The number of hydrogen-bond donors (Lipinski definition) is 1. The highest BCUT2D eigenvalue weighted by atomic mass is 35.5. The second-order valence-corrected chi connectivity index (χ2v) is 5.73. The molecule has 18 heavy (non-hydrogen) atoms. The van der Waals surface area contributed by atoms with Crippen LogP contribution >= 0.6 is 11.6 Å². The van der Waals surface area contributed by atoms with Crippen molar-refractivity contribution in [1.82, 2.24) is 5.32 Å². The highest BCUT2D eigenvalue weighted by molar-refractivity contribution is 6.31. The van der Waals surface area contributed by atoms with Crippen molar-refractivity contribution in [3.63, 3.8) is 0 Å². The van der Waals surface area contributed by atoms with Crippen LogP contribution in [0.5, 0.6) is 0 Å². The molecule has 3 heteroatoms. The van der Waals surface area contributed by atoms with Crippen LogP contribution in [-0.4, -0.2) is 19.6 Å². The fraction of sp³-hybridized carbons (Fsp3) is 0.600. The van der Waals surface area contributed by atoms with Crippen molar-refractivity contribution in [2.45, 2.75) is 39.3 Å². The lowest BCUT2D eigenvalue weighted by atomic mass is 9.91. The summed E-state index contributed by atoms with van der Waals surface area (Å²) >= 11 is 6.34. The van der Waals surface area contributed by atoms with Gasteiger partial charge in [-0.05, 0) is 44.9 Å². The first-order valence-electron chi connectivity index (χ1n) is 6.83. The van der Waals surface area contributed by atoms with Crippen molar-refractivity contribution in [3.8, 4) is 0 Å². The van der Waals surface area contributed by atoms with E-state index in [1.165, 1.54) is 24.1 Å². The number of piperidine rings is 1. The van der Waals surface area contributed by atoms with E-state index in [4.69, 9.17) is 11.6 Å². The molecular weight excluding hydrogens is 244 g/mol. The Labute approximate surface area is 115 Å². The number of nitrogens with zero attached hydrogens (tertiary/aromatic N) is 1. The summed E-state index contributed by atoms with van der Waals surface area (Å²) < 4.78 is 0. The highest BCUT2D eigenvalue weighted by Gasteiger charge is 2.26. The predicted octanol–water partition coefficient (Wildman–Crippen LogP) is 3.68. The van der Waals surface area contributed by atoms with Crippen LogP contribution in [0.3, 0.4) is 0 Å². The van der Waals surface area contributed by atoms with Crippen LogP contribution < -0.4 is 10.2 Å². The number of nitrogens with one attached hydrogen (secondary N) is 1. The maximum atomic E-state index is 6.34. The molecule has 0 saturated carbocycles. The van der Waals surface area contributed by atoms with E-state index >= 15 is 0 Å². The topological polar surface area (TPSA) is 15.3 Å². The molecule has 1 saturated heterocycles. The highest BCUT2D eigenvalue weighted by Crippen LogP contribution is 2.33. The van der Waals surface area contributed by atoms with Crippen LogP contribution in [0.4, 0.5) is 5.69 Å². The third kappa shape index (κ3) is 2.65. The van der Waals surface area contributed by atoms with Gasteiger partial charge in [0.1, 0.15) is 0 Å². The molecule has 1 aliphatic heterocycles. The Balaban J connectivity index is 2.34. The SMILES string of the molecule is CNCc1c(Cl)cccc1N1CCCC(C)C1C. The van der Waals surface area contributed by atoms with Gasteiger partial charge in [0.25, 0.3) is 0 Å². The van der Waals surface area contributed by atoms with Gasteiger partial charge in [-0.15, -0.1) is 0 Å². The Morgan fingerprint density at radius 3 is 2.89 bits per heavy atom. The first kappa shape index (κ1) is 13.7. The second kappa shape index (κ2) is 5.94. The van der Waals surface area contributed by atoms with E-state index in [0.29, 0.717) is 6.04 Å². The minimum atomic E-state index is 0.591. The zero-order valence-electron chi connectivity index (χ0n) is 11.5. The summed E-state index contributed by atoms with van der Waals surface area (Å²) in [5.41, 5.74) is 2.53. The summed E-state index contributed by atoms with van der Waals surface area (Å²) in [5, 5.41) is 4.09. The Bertz CT molecular complexity index is 405. The monoisotopic (exact) mass is 266 g/mol. The van der Waals surface area contributed by atoms with Gasteiger partial charge in [-0.25, -0.2) is 0 Å². The number of anilines is 1. The van der Waals surface area contributed by atoms with E-state index < -0.39 is 0 Å². The van der Waals surface area contributed by atoms with Crippen molar-refractivity contribution >= 4 is 17.3 Å². The average Bonchev–Trinajstić information content (AvgIpc) is 2.36. The quantitative estimate of drug-likeness (QED) is 0.898. The molecular formula is C15H23ClN2. The van der Waals surface area contributed by atoms with Crippen LogP contribution in [0.25, 0.3) is 0 Å². The minimum absolute atomic E-state index is 0.591. The molecule has 0 aliphatic carbocycles. The van der Waals surface area contributed by atoms with Gasteiger partial charge in [-0.3, -0.25) is 0 Å². The zero-order valence-corrected chi connectivity index (χ0v) is 12.3. The van der Waals surface area contributed by atoms with Gasteiger partial charge in [-0.2, -0.15) is 0 Å². The molecule has 0 radical (unpaired) electrons. The third-order valence-electron chi connectivity index (χ3n) is 4.13. The first-order valence-corrected chi connectivity index (χ1v) is 7.21. The van der Waals surface area contributed by atoms with Crippen molar-refractivity contribution in [2.75, 3.05) is 18.5 Å². The fourth-order valence-electron chi connectivity index (χ4n) is 2.84. The number of halogens is 1. The average molecular weight is 267 g/mol. The molecule has 0 bridgehead atoms. The van der Waals surface area contributed by atoms with Gasteiger partial charge in [0.15, 0.2) is 0 Å². The lowest BCUT2D eigenvalue weighted by Gasteiger charge is -2.40. The number of rotatable bonds is 3. The second-order valence-electron chi connectivity index (χ2n) is 5.32. The Morgan fingerprint density at radius 1 is 1.39 bits per heavy atom. The lowest BCUT2D eigenvalue weighted by Crippen LogP contribution is -2.43. The van der Waals surface area contributed by atoms with E-state index in [1.54, 1.807) is 0 Å². The summed E-state index contributed by atoms with van der Waals surface area (Å²) in [6.07, 6.45) is 2.61. The largest absolute Gasteiger partial charge is 0.368 e. The number of hydrogen-bond acceptors (Lipinski definition) is 2. The van der Waals surface area contributed by atoms with Crippen molar-refractivity contribution in [3.05, 3.63) is 28.8 Å². The molecule has 0 aromatic heterocycles. The molecule has 1 N–H and O–H groups in total. The maximum absolute atomic E-state index is 6.34. The summed E-state index contributed by atoms with van der Waals surface area (Å²) in [4.78, 5) is 2.52. The van der Waals surface area contributed by atoms with E-state index in [9.17, 15) is 0 Å². The molecule has 1 aliphatic rings. The Hall–Kier alpha value is -0.730. The van der Waals surface area contributed by atoms with Crippen molar-refractivity contribution < 1.29 is 0 Å². The molecule has 1 aromatic carbocycles. The van der Waals surface area contributed by atoms with Gasteiger partial charge in [0.05, 0.1) is 0 Å². The standard InChI is InChI=1S/C15H23ClN2/c1-11-6-5-9-18(12(11)2)15-8-4-7-14(16)13(15)10-17-3/h4,7-8,11-12,17H,5-6,9-10H2,1-3H3. The molecule has 100 valence electrons. The van der Waals surface area contributed by atoms with Gasteiger partial charge >= 0.3 is 0 Å². The van der Waals surface area contributed by atoms with Gasteiger partial charge in [0.2, 0.25) is 0 Å². The summed E-state index contributed by atoms with van der Waals surface area (Å²) in [6.45, 7) is 6.64. The summed E-state index contributed by atoms with van der Waals surface area (Å²) in [6, 6.07) is 6.83. The van der Waals surface area contributed by atoms with Crippen LogP contribution in [0.1, 0.15) is 32.3 Å². The zero-order chi connectivity index (χ0) is 13.1.